The van der Waals surface area contributed by atoms with Crippen molar-refractivity contribution in [3.63, 3.8) is 0 Å². The Labute approximate surface area is 271 Å². The zero-order valence-electron chi connectivity index (χ0n) is 23.6. The van der Waals surface area contributed by atoms with Gasteiger partial charge in [-0.3, -0.25) is 0 Å². The summed E-state index contributed by atoms with van der Waals surface area (Å²) in [5, 5.41) is 5.33. The van der Waals surface area contributed by atoms with Gasteiger partial charge in [0.15, 0.2) is 0 Å². The van der Waals surface area contributed by atoms with Crippen LogP contribution in [0.4, 0.5) is 0 Å². The number of hydrogen-bond donors (Lipinski definition) is 0. The lowest BCUT2D eigenvalue weighted by Crippen LogP contribution is -1.72. The summed E-state index contributed by atoms with van der Waals surface area (Å²) in [5.74, 6) is 0. The van der Waals surface area contributed by atoms with Gasteiger partial charge in [-0.2, -0.15) is 0 Å². The van der Waals surface area contributed by atoms with E-state index in [9.17, 15) is 0 Å². The molecule has 0 spiro atoms. The van der Waals surface area contributed by atoms with Gasteiger partial charge in [-0.1, -0.05) is 83.6 Å². The molecule has 0 atom stereocenters. The van der Waals surface area contributed by atoms with Crippen LogP contribution in [0.3, 0.4) is 0 Å². The molecule has 4 heterocycles. The molecule has 208 valence electrons. The van der Waals surface area contributed by atoms with Crippen LogP contribution in [0, 0.1) is 13.8 Å². The molecule has 0 radical (unpaired) electrons. The molecular formula is C38H26S5. The molecule has 8 aromatic rings. The second kappa shape index (κ2) is 11.2. The topological polar surface area (TPSA) is 0 Å². The smallest absolute Gasteiger partial charge is 0.0667 e. The molecule has 0 aliphatic heterocycles. The molecule has 0 saturated heterocycles. The van der Waals surface area contributed by atoms with Crippen LogP contribution in [0.5, 0.6) is 0 Å². The number of fused-ring (bicyclic) bond motifs is 4. The van der Waals surface area contributed by atoms with Gasteiger partial charge >= 0.3 is 0 Å². The minimum absolute atomic E-state index is 1.24. The Morgan fingerprint density at radius 1 is 0.419 bits per heavy atom. The van der Waals surface area contributed by atoms with Gasteiger partial charge in [-0.05, 0) is 107 Å². The van der Waals surface area contributed by atoms with E-state index in [1.165, 1.54) is 80.8 Å². The van der Waals surface area contributed by atoms with Crippen molar-refractivity contribution in [2.24, 2.45) is 0 Å². The van der Waals surface area contributed by atoms with E-state index >= 15 is 0 Å². The highest BCUT2D eigenvalue weighted by Gasteiger charge is 2.11. The Kier molecular flexibility index (Phi) is 7.09. The number of aryl methyl sites for hydroxylation is 2. The molecule has 0 amide bonds. The quantitative estimate of drug-likeness (QED) is 0.174. The first kappa shape index (κ1) is 27.1. The van der Waals surface area contributed by atoms with Crippen molar-refractivity contribution in [2.75, 3.05) is 0 Å². The summed E-state index contributed by atoms with van der Waals surface area (Å²) < 4.78 is 8.11. The van der Waals surface area contributed by atoms with Gasteiger partial charge in [0.05, 0.1) is 8.42 Å². The van der Waals surface area contributed by atoms with Crippen molar-refractivity contribution < 1.29 is 0 Å². The first-order chi connectivity index (χ1) is 21.0. The van der Waals surface area contributed by atoms with Crippen LogP contribution in [-0.4, -0.2) is 0 Å². The van der Waals surface area contributed by atoms with E-state index in [2.05, 4.69) is 135 Å². The minimum Gasteiger partial charge on any atom is -0.136 e. The van der Waals surface area contributed by atoms with Gasteiger partial charge in [0.2, 0.25) is 0 Å². The van der Waals surface area contributed by atoms with E-state index in [4.69, 9.17) is 0 Å². The van der Waals surface area contributed by atoms with Gasteiger partial charge in [-0.15, -0.1) is 45.3 Å². The summed E-state index contributed by atoms with van der Waals surface area (Å²) >= 11 is 9.43. The lowest BCUT2D eigenvalue weighted by atomic mass is 10.1. The number of benzene rings is 4. The fourth-order valence-corrected chi connectivity index (χ4v) is 11.0. The molecule has 4 aromatic carbocycles. The molecule has 0 aliphatic carbocycles. The maximum Gasteiger partial charge on any atom is 0.0667 e. The van der Waals surface area contributed by atoms with Crippen LogP contribution in [-0.2, 0) is 0 Å². The minimum atomic E-state index is 1.24. The fourth-order valence-electron chi connectivity index (χ4n) is 5.21. The van der Waals surface area contributed by atoms with Crippen molar-refractivity contribution in [2.45, 2.75) is 22.3 Å². The maximum atomic E-state index is 2.36. The van der Waals surface area contributed by atoms with Gasteiger partial charge < -0.3 is 0 Å². The lowest BCUT2D eigenvalue weighted by Gasteiger charge is -1.93. The van der Waals surface area contributed by atoms with Crippen molar-refractivity contribution >= 4 is 122 Å². The highest BCUT2D eigenvalue weighted by atomic mass is 32.2. The van der Waals surface area contributed by atoms with Gasteiger partial charge in [-0.25, -0.2) is 0 Å². The Morgan fingerprint density at radius 3 is 1.21 bits per heavy atom. The highest BCUT2D eigenvalue weighted by molar-refractivity contribution is 8.03. The molecule has 0 aliphatic rings. The third kappa shape index (κ3) is 5.76. The molecule has 0 saturated carbocycles. The molecule has 5 heteroatoms. The number of rotatable bonds is 6. The molecular weight excluding hydrogens is 617 g/mol. The molecule has 0 fully saturated rings. The standard InChI is InChI=1S/C38H26S5/c1-23-3-7-25(8-4-23)11-13-31-15-27-17-35-29(19-33(27)39-31)21-37(41-35)43-38-22-30-20-34-28(18-36(30)42-38)16-32(40-34)14-12-26-9-5-24(2)6-10-26/h3-22H,1-2H3/b13-11+,14-12+. The average molecular weight is 643 g/mol. The molecule has 4 aromatic heterocycles. The van der Waals surface area contributed by atoms with Crippen LogP contribution in [0.15, 0.2) is 105 Å². The van der Waals surface area contributed by atoms with Crippen molar-refractivity contribution in [3.05, 3.63) is 129 Å². The summed E-state index contributed by atoms with van der Waals surface area (Å²) in [6, 6.07) is 36.2. The van der Waals surface area contributed by atoms with Crippen LogP contribution in [0.2, 0.25) is 0 Å². The van der Waals surface area contributed by atoms with E-state index < -0.39 is 0 Å². The monoisotopic (exact) mass is 642 g/mol. The lowest BCUT2D eigenvalue weighted by molar-refractivity contribution is 1.46. The summed E-state index contributed by atoms with van der Waals surface area (Å²) in [6.07, 6.45) is 8.88. The molecule has 8 rings (SSSR count). The van der Waals surface area contributed by atoms with E-state index in [0.29, 0.717) is 0 Å². The Hall–Kier alpha value is -3.45. The number of thiophene rings is 4. The third-order valence-electron chi connectivity index (χ3n) is 7.54. The molecule has 0 unspecified atom stereocenters. The van der Waals surface area contributed by atoms with E-state index in [1.54, 1.807) is 0 Å². The zero-order valence-corrected chi connectivity index (χ0v) is 27.7. The van der Waals surface area contributed by atoms with Crippen LogP contribution >= 0.6 is 57.1 Å². The van der Waals surface area contributed by atoms with Crippen molar-refractivity contribution in [1.82, 2.24) is 0 Å². The van der Waals surface area contributed by atoms with Crippen LogP contribution in [0.1, 0.15) is 32.0 Å². The van der Waals surface area contributed by atoms with Gasteiger partial charge in [0, 0.05) is 28.6 Å². The second-order valence-electron chi connectivity index (χ2n) is 10.9. The number of hydrogen-bond acceptors (Lipinski definition) is 5. The van der Waals surface area contributed by atoms with E-state index in [0.717, 1.165) is 0 Å². The molecule has 0 nitrogen and oxygen atoms in total. The first-order valence-electron chi connectivity index (χ1n) is 14.1. The summed E-state index contributed by atoms with van der Waals surface area (Å²) in [4.78, 5) is 2.59. The molecule has 43 heavy (non-hydrogen) atoms. The average Bonchev–Trinajstić information content (AvgIpc) is 3.77. The third-order valence-corrected chi connectivity index (χ3v) is 13.1. The Morgan fingerprint density at radius 2 is 0.791 bits per heavy atom. The molecule has 0 bridgehead atoms. The maximum absolute atomic E-state index is 2.36. The highest BCUT2D eigenvalue weighted by Crippen LogP contribution is 2.44. The van der Waals surface area contributed by atoms with E-state index in [-0.39, 0.29) is 0 Å². The van der Waals surface area contributed by atoms with Crippen LogP contribution < -0.4 is 0 Å². The van der Waals surface area contributed by atoms with Gasteiger partial charge in [0.25, 0.3) is 0 Å². The SMILES string of the molecule is Cc1ccc(/C=C/c2cc3cc4sc(Sc5cc6cc7sc(/C=C/c8ccc(C)cc8)cc7cc6s5)cc4cc3s2)cc1. The van der Waals surface area contributed by atoms with Crippen LogP contribution in [0.25, 0.3) is 64.6 Å². The Balaban J connectivity index is 1.01. The van der Waals surface area contributed by atoms with Crippen molar-refractivity contribution in [1.29, 1.82) is 0 Å². The zero-order chi connectivity index (χ0) is 28.9. The van der Waals surface area contributed by atoms with Crippen molar-refractivity contribution in [3.8, 4) is 0 Å². The summed E-state index contributed by atoms with van der Waals surface area (Å²) in [7, 11) is 0. The normalized spacial score (nSPS) is 12.3. The fraction of sp³-hybridized carbons (Fsp3) is 0.0526. The first-order valence-corrected chi connectivity index (χ1v) is 18.2. The second-order valence-corrected chi connectivity index (χ2v) is 16.9. The van der Waals surface area contributed by atoms with E-state index in [1.807, 2.05) is 57.1 Å². The van der Waals surface area contributed by atoms with Gasteiger partial charge in [0.1, 0.15) is 0 Å². The summed E-state index contributed by atoms with van der Waals surface area (Å²) in [5.41, 5.74) is 5.06. The molecule has 0 N–H and O–H groups in total. The predicted molar refractivity (Wildman–Crippen MR) is 199 cm³/mol. The summed E-state index contributed by atoms with van der Waals surface area (Å²) in [6.45, 7) is 4.25. The predicted octanol–water partition coefficient (Wildman–Crippen LogP) is 13.7. The largest absolute Gasteiger partial charge is 0.136 e. The Bertz CT molecular complexity index is 2050.